The lowest BCUT2D eigenvalue weighted by Crippen LogP contribution is -2.17. The highest BCUT2D eigenvalue weighted by molar-refractivity contribution is 5.79. The molecule has 1 aliphatic heterocycles. The van der Waals surface area contributed by atoms with Gasteiger partial charge in [-0.1, -0.05) is 42.5 Å². The lowest BCUT2D eigenvalue weighted by Gasteiger charge is -2.10. The Kier molecular flexibility index (Phi) is 3.86. The maximum Gasteiger partial charge on any atom is 0.338 e. The molecule has 2 atom stereocenters. The summed E-state index contributed by atoms with van der Waals surface area (Å²) in [5.41, 5.74) is 1.39. The number of benzene rings is 2. The number of carbonyl (C=O) groups excluding carboxylic acids is 1. The summed E-state index contributed by atoms with van der Waals surface area (Å²) < 4.78 is 16.1. The number of carbonyl (C=O) groups is 1. The molecule has 0 saturated carbocycles. The minimum Gasteiger partial charge on any atom is -0.489 e. The van der Waals surface area contributed by atoms with Crippen LogP contribution in [0.1, 0.15) is 18.1 Å². The maximum absolute atomic E-state index is 11.6. The fraction of sp³-hybridized carbons (Fsp3) is 0.278. The highest BCUT2D eigenvalue weighted by Gasteiger charge is 2.59. The Bertz CT molecular complexity index is 668. The zero-order valence-corrected chi connectivity index (χ0v) is 12.6. The maximum atomic E-state index is 11.6. The molecule has 0 radical (unpaired) electrons. The molecular formula is C18H18O4. The predicted molar refractivity (Wildman–Crippen MR) is 81.5 cm³/mol. The first-order valence-corrected chi connectivity index (χ1v) is 7.16. The Morgan fingerprint density at radius 3 is 2.68 bits per heavy atom. The first kappa shape index (κ1) is 14.6. The molecule has 2 unspecified atom stereocenters. The number of rotatable bonds is 5. The summed E-state index contributed by atoms with van der Waals surface area (Å²) in [4.78, 5) is 11.6. The minimum atomic E-state index is -0.626. The monoisotopic (exact) mass is 298 g/mol. The number of methoxy groups -OCH3 is 1. The van der Waals surface area contributed by atoms with E-state index in [1.807, 2.05) is 61.5 Å². The van der Waals surface area contributed by atoms with Gasteiger partial charge in [-0.15, -0.1) is 0 Å². The van der Waals surface area contributed by atoms with Gasteiger partial charge in [-0.05, 0) is 30.2 Å². The van der Waals surface area contributed by atoms with Gasteiger partial charge >= 0.3 is 5.97 Å². The molecule has 22 heavy (non-hydrogen) atoms. The summed E-state index contributed by atoms with van der Waals surface area (Å²) in [5.74, 6) is 0.403. The molecule has 0 amide bonds. The lowest BCUT2D eigenvalue weighted by atomic mass is 9.97. The van der Waals surface area contributed by atoms with E-state index in [4.69, 9.17) is 14.2 Å². The van der Waals surface area contributed by atoms with Crippen molar-refractivity contribution < 1.29 is 19.0 Å². The van der Waals surface area contributed by atoms with Gasteiger partial charge in [-0.3, -0.25) is 0 Å². The molecule has 1 aliphatic rings. The van der Waals surface area contributed by atoms with Crippen LogP contribution in [-0.4, -0.2) is 19.2 Å². The van der Waals surface area contributed by atoms with E-state index in [1.165, 1.54) is 7.11 Å². The second-order valence-electron chi connectivity index (χ2n) is 5.43. The Morgan fingerprint density at radius 2 is 1.95 bits per heavy atom. The molecule has 0 aromatic heterocycles. The van der Waals surface area contributed by atoms with Crippen LogP contribution in [0.3, 0.4) is 0 Å². The topological polar surface area (TPSA) is 48.1 Å². The third kappa shape index (κ3) is 2.83. The number of hydrogen-bond acceptors (Lipinski definition) is 4. The molecule has 0 aliphatic carbocycles. The van der Waals surface area contributed by atoms with Crippen LogP contribution >= 0.6 is 0 Å². The van der Waals surface area contributed by atoms with Crippen molar-refractivity contribution in [2.24, 2.45) is 0 Å². The zero-order chi connectivity index (χ0) is 15.6. The van der Waals surface area contributed by atoms with Crippen LogP contribution in [0.25, 0.3) is 0 Å². The van der Waals surface area contributed by atoms with Crippen LogP contribution in [0.4, 0.5) is 0 Å². The molecule has 2 aromatic rings. The van der Waals surface area contributed by atoms with E-state index in [-0.39, 0.29) is 5.97 Å². The molecule has 1 fully saturated rings. The van der Waals surface area contributed by atoms with Crippen LogP contribution in [0.15, 0.2) is 54.6 Å². The highest BCUT2D eigenvalue weighted by atomic mass is 16.6. The first-order valence-electron chi connectivity index (χ1n) is 7.16. The fourth-order valence-electron chi connectivity index (χ4n) is 2.45. The van der Waals surface area contributed by atoms with Crippen molar-refractivity contribution in [3.63, 3.8) is 0 Å². The molecule has 0 N–H and O–H groups in total. The Hall–Kier alpha value is -2.33. The standard InChI is InChI=1S/C18H18O4/c1-18(16(22-18)17(19)20-2)14-9-6-10-15(11-14)21-12-13-7-4-3-5-8-13/h3-11,16H,12H2,1-2H3. The summed E-state index contributed by atoms with van der Waals surface area (Å²) >= 11 is 0. The second-order valence-corrected chi connectivity index (χ2v) is 5.43. The molecule has 3 rings (SSSR count). The molecule has 1 heterocycles. The summed E-state index contributed by atoms with van der Waals surface area (Å²) in [7, 11) is 1.36. The van der Waals surface area contributed by atoms with E-state index >= 15 is 0 Å². The van der Waals surface area contributed by atoms with E-state index in [0.717, 1.165) is 16.9 Å². The summed E-state index contributed by atoms with van der Waals surface area (Å²) in [6.45, 7) is 2.38. The number of ether oxygens (including phenoxy) is 3. The smallest absolute Gasteiger partial charge is 0.338 e. The highest BCUT2D eigenvalue weighted by Crippen LogP contribution is 2.47. The molecular weight excluding hydrogens is 280 g/mol. The fourth-order valence-corrected chi connectivity index (χ4v) is 2.45. The van der Waals surface area contributed by atoms with Crippen molar-refractivity contribution in [1.82, 2.24) is 0 Å². The van der Waals surface area contributed by atoms with Crippen molar-refractivity contribution >= 4 is 5.97 Å². The van der Waals surface area contributed by atoms with Crippen LogP contribution in [-0.2, 0) is 26.5 Å². The van der Waals surface area contributed by atoms with E-state index < -0.39 is 11.7 Å². The quantitative estimate of drug-likeness (QED) is 0.629. The van der Waals surface area contributed by atoms with Crippen molar-refractivity contribution in [1.29, 1.82) is 0 Å². The van der Waals surface area contributed by atoms with Gasteiger partial charge in [0.15, 0.2) is 6.10 Å². The molecule has 0 spiro atoms. The average Bonchev–Trinajstić information content (AvgIpc) is 3.27. The lowest BCUT2D eigenvalue weighted by molar-refractivity contribution is -0.142. The largest absolute Gasteiger partial charge is 0.489 e. The number of hydrogen-bond donors (Lipinski definition) is 0. The molecule has 0 bridgehead atoms. The number of epoxide rings is 1. The van der Waals surface area contributed by atoms with E-state index in [0.29, 0.717) is 6.61 Å². The van der Waals surface area contributed by atoms with Crippen LogP contribution in [0.2, 0.25) is 0 Å². The zero-order valence-electron chi connectivity index (χ0n) is 12.6. The van der Waals surface area contributed by atoms with Gasteiger partial charge in [0.05, 0.1) is 7.11 Å². The molecule has 4 heteroatoms. The van der Waals surface area contributed by atoms with Crippen molar-refractivity contribution in [3.05, 3.63) is 65.7 Å². The van der Waals surface area contributed by atoms with Gasteiger partial charge in [0.1, 0.15) is 18.0 Å². The summed E-state index contributed by atoms with van der Waals surface area (Å²) in [5, 5.41) is 0. The third-order valence-corrected chi connectivity index (χ3v) is 3.88. The predicted octanol–water partition coefficient (Wildman–Crippen LogP) is 3.05. The SMILES string of the molecule is COC(=O)C1OC1(C)c1cccc(OCc2ccccc2)c1. The van der Waals surface area contributed by atoms with Crippen LogP contribution < -0.4 is 4.74 Å². The first-order chi connectivity index (χ1) is 10.6. The van der Waals surface area contributed by atoms with Gasteiger partial charge in [0.2, 0.25) is 0 Å². The molecule has 4 nitrogen and oxygen atoms in total. The molecule has 2 aromatic carbocycles. The van der Waals surface area contributed by atoms with E-state index in [1.54, 1.807) is 0 Å². The van der Waals surface area contributed by atoms with Crippen molar-refractivity contribution in [2.75, 3.05) is 7.11 Å². The van der Waals surface area contributed by atoms with Crippen LogP contribution in [0.5, 0.6) is 5.75 Å². The Labute approximate surface area is 129 Å². The van der Waals surface area contributed by atoms with Gasteiger partial charge in [0.25, 0.3) is 0 Å². The second kappa shape index (κ2) is 5.81. The normalized spacial score (nSPS) is 22.9. The third-order valence-electron chi connectivity index (χ3n) is 3.88. The number of esters is 1. The molecule has 114 valence electrons. The van der Waals surface area contributed by atoms with Gasteiger partial charge < -0.3 is 14.2 Å². The summed E-state index contributed by atoms with van der Waals surface area (Å²) in [6, 6.07) is 17.6. The van der Waals surface area contributed by atoms with Crippen molar-refractivity contribution in [2.45, 2.75) is 25.2 Å². The van der Waals surface area contributed by atoms with E-state index in [2.05, 4.69) is 0 Å². The Balaban J connectivity index is 1.70. The van der Waals surface area contributed by atoms with Gasteiger partial charge in [-0.25, -0.2) is 4.79 Å². The average molecular weight is 298 g/mol. The Morgan fingerprint density at radius 1 is 1.18 bits per heavy atom. The van der Waals surface area contributed by atoms with Crippen molar-refractivity contribution in [3.8, 4) is 5.75 Å². The summed E-state index contributed by atoms with van der Waals surface area (Å²) in [6.07, 6.45) is -0.540. The van der Waals surface area contributed by atoms with Crippen LogP contribution in [0, 0.1) is 0 Å². The van der Waals surface area contributed by atoms with Gasteiger partial charge in [0, 0.05) is 0 Å². The minimum absolute atomic E-state index is 0.349. The van der Waals surface area contributed by atoms with E-state index in [9.17, 15) is 4.79 Å². The molecule has 1 saturated heterocycles. The van der Waals surface area contributed by atoms with Gasteiger partial charge in [-0.2, -0.15) is 0 Å².